The molecule has 0 spiro atoms. The van der Waals surface area contributed by atoms with Crippen molar-refractivity contribution in [2.45, 2.75) is 45.6 Å². The molecule has 0 aliphatic carbocycles. The summed E-state index contributed by atoms with van der Waals surface area (Å²) >= 11 is 0. The van der Waals surface area contributed by atoms with E-state index in [0.29, 0.717) is 33.6 Å². The monoisotopic (exact) mass is 513 g/mol. The fourth-order valence-electron chi connectivity index (χ4n) is 3.55. The van der Waals surface area contributed by atoms with E-state index in [4.69, 9.17) is 9.47 Å². The first kappa shape index (κ1) is 27.0. The second-order valence-electron chi connectivity index (χ2n) is 8.87. The van der Waals surface area contributed by atoms with Gasteiger partial charge in [0.05, 0.1) is 11.0 Å². The molecule has 0 aromatic heterocycles. The molecule has 3 rings (SSSR count). The van der Waals surface area contributed by atoms with Crippen LogP contribution >= 0.6 is 0 Å². The minimum atomic E-state index is -1.74. The third-order valence-electron chi connectivity index (χ3n) is 5.07. The van der Waals surface area contributed by atoms with Crippen LogP contribution in [0, 0.1) is 5.92 Å². The fraction of sp³-hybridized carbons (Fsp3) is 0.333. The van der Waals surface area contributed by atoms with E-state index in [1.807, 2.05) is 52.0 Å². The summed E-state index contributed by atoms with van der Waals surface area (Å²) < 4.78 is 31.2. The Kier molecular flexibility index (Phi) is 8.93. The number of esters is 2. The van der Waals surface area contributed by atoms with Gasteiger partial charge in [-0.1, -0.05) is 38.1 Å². The molecule has 0 saturated carbocycles. The van der Waals surface area contributed by atoms with E-state index in [1.54, 1.807) is 28.6 Å². The minimum absolute atomic E-state index is 0.0270. The average Bonchev–Trinajstić information content (AvgIpc) is 2.82. The van der Waals surface area contributed by atoms with Gasteiger partial charge in [0.2, 0.25) is 6.79 Å². The molecule has 0 radical (unpaired) electrons. The Balaban J connectivity index is 2.06. The SMILES string of the molecule is CC(=O)OCOC(=O)c1cc(S(=O)N(CC(C)C)c2ccc(OC(C)C)cc2)c2ccccc2c1O. The molecular formula is C27H31NO7S. The van der Waals surface area contributed by atoms with E-state index in [2.05, 4.69) is 4.74 Å². The summed E-state index contributed by atoms with van der Waals surface area (Å²) in [6.45, 7) is 8.99. The van der Waals surface area contributed by atoms with Crippen molar-refractivity contribution in [3.05, 3.63) is 60.2 Å². The minimum Gasteiger partial charge on any atom is -0.506 e. The van der Waals surface area contributed by atoms with E-state index in [1.165, 1.54) is 13.0 Å². The number of rotatable bonds is 10. The van der Waals surface area contributed by atoms with Gasteiger partial charge in [-0.2, -0.15) is 0 Å². The van der Waals surface area contributed by atoms with E-state index < -0.39 is 29.7 Å². The number of carbonyl (C=O) groups is 2. The topological polar surface area (TPSA) is 102 Å². The molecule has 0 amide bonds. The van der Waals surface area contributed by atoms with Crippen molar-refractivity contribution in [2.75, 3.05) is 17.6 Å². The molecular weight excluding hydrogens is 482 g/mol. The van der Waals surface area contributed by atoms with Crippen LogP contribution in [-0.2, 0) is 25.3 Å². The number of fused-ring (bicyclic) bond motifs is 1. The largest absolute Gasteiger partial charge is 0.506 e. The molecule has 36 heavy (non-hydrogen) atoms. The molecule has 9 heteroatoms. The normalized spacial score (nSPS) is 12.0. The lowest BCUT2D eigenvalue weighted by atomic mass is 10.1. The van der Waals surface area contributed by atoms with Gasteiger partial charge in [0.25, 0.3) is 0 Å². The van der Waals surface area contributed by atoms with E-state index in [0.717, 1.165) is 0 Å². The average molecular weight is 514 g/mol. The van der Waals surface area contributed by atoms with Crippen molar-refractivity contribution in [2.24, 2.45) is 5.92 Å². The third kappa shape index (κ3) is 6.54. The molecule has 1 atom stereocenters. The Labute approximate surface area is 213 Å². The Bertz CT molecular complexity index is 1250. The number of benzene rings is 3. The van der Waals surface area contributed by atoms with Gasteiger partial charge in [-0.3, -0.25) is 9.10 Å². The second kappa shape index (κ2) is 11.9. The first-order valence-electron chi connectivity index (χ1n) is 11.6. The number of phenols is 1. The molecule has 0 saturated heterocycles. The molecule has 1 unspecified atom stereocenters. The van der Waals surface area contributed by atoms with Crippen molar-refractivity contribution >= 4 is 39.4 Å². The molecule has 0 heterocycles. The molecule has 3 aromatic rings. The van der Waals surface area contributed by atoms with Gasteiger partial charge in [-0.05, 0) is 50.1 Å². The first-order chi connectivity index (χ1) is 17.1. The summed E-state index contributed by atoms with van der Waals surface area (Å²) in [5.74, 6) is -0.927. The molecule has 0 bridgehead atoms. The van der Waals surface area contributed by atoms with Gasteiger partial charge in [0, 0.05) is 29.9 Å². The van der Waals surface area contributed by atoms with Gasteiger partial charge in [0.1, 0.15) is 17.1 Å². The van der Waals surface area contributed by atoms with Gasteiger partial charge in [-0.15, -0.1) is 0 Å². The van der Waals surface area contributed by atoms with Crippen LogP contribution in [0.4, 0.5) is 5.69 Å². The van der Waals surface area contributed by atoms with Gasteiger partial charge in [0.15, 0.2) is 11.0 Å². The Morgan fingerprint density at radius 1 is 0.972 bits per heavy atom. The number of nitrogens with zero attached hydrogens (tertiary/aromatic N) is 1. The third-order valence-corrected chi connectivity index (χ3v) is 6.54. The number of anilines is 1. The molecule has 0 aliphatic rings. The molecule has 0 fully saturated rings. The highest BCUT2D eigenvalue weighted by Gasteiger charge is 2.25. The fourth-order valence-corrected chi connectivity index (χ4v) is 5.12. The number of ether oxygens (including phenoxy) is 3. The zero-order valence-corrected chi connectivity index (χ0v) is 21.8. The highest BCUT2D eigenvalue weighted by atomic mass is 32.2. The second-order valence-corrected chi connectivity index (χ2v) is 10.2. The van der Waals surface area contributed by atoms with Crippen molar-refractivity contribution < 1.29 is 33.1 Å². The zero-order chi connectivity index (χ0) is 26.4. The van der Waals surface area contributed by atoms with E-state index in [-0.39, 0.29) is 23.3 Å². The van der Waals surface area contributed by atoms with E-state index >= 15 is 0 Å². The predicted molar refractivity (Wildman–Crippen MR) is 138 cm³/mol. The van der Waals surface area contributed by atoms with E-state index in [9.17, 15) is 18.9 Å². The summed E-state index contributed by atoms with van der Waals surface area (Å²) in [6, 6.07) is 15.6. The lowest BCUT2D eigenvalue weighted by Crippen LogP contribution is -2.30. The summed E-state index contributed by atoms with van der Waals surface area (Å²) in [6.07, 6.45) is 0.0270. The van der Waals surface area contributed by atoms with Crippen LogP contribution in [0.25, 0.3) is 10.8 Å². The Morgan fingerprint density at radius 3 is 2.19 bits per heavy atom. The number of carbonyl (C=O) groups excluding carboxylic acids is 2. The molecule has 8 nitrogen and oxygen atoms in total. The number of aromatic hydroxyl groups is 1. The summed E-state index contributed by atoms with van der Waals surface area (Å²) in [4.78, 5) is 24.0. The number of hydrogen-bond acceptors (Lipinski definition) is 7. The predicted octanol–water partition coefficient (Wildman–Crippen LogP) is 5.20. The van der Waals surface area contributed by atoms with Gasteiger partial charge < -0.3 is 19.3 Å². The van der Waals surface area contributed by atoms with Crippen LogP contribution in [0.1, 0.15) is 45.0 Å². The maximum Gasteiger partial charge on any atom is 0.344 e. The van der Waals surface area contributed by atoms with Crippen LogP contribution in [0.2, 0.25) is 0 Å². The highest BCUT2D eigenvalue weighted by molar-refractivity contribution is 7.86. The van der Waals surface area contributed by atoms with Crippen molar-refractivity contribution in [1.82, 2.24) is 0 Å². The van der Waals surface area contributed by atoms with Crippen molar-refractivity contribution in [3.8, 4) is 11.5 Å². The van der Waals surface area contributed by atoms with Crippen LogP contribution in [0.3, 0.4) is 0 Å². The Morgan fingerprint density at radius 2 is 1.61 bits per heavy atom. The quantitative estimate of drug-likeness (QED) is 0.294. The highest BCUT2D eigenvalue weighted by Crippen LogP contribution is 2.36. The summed E-state index contributed by atoms with van der Waals surface area (Å²) in [5.41, 5.74) is 0.545. The smallest absolute Gasteiger partial charge is 0.344 e. The molecule has 192 valence electrons. The standard InChI is InChI=1S/C27H31NO7S/c1-17(2)15-28(20-10-12-21(13-11-20)35-18(3)4)36(32)25-14-24(27(31)34-16-33-19(5)29)26(30)23-9-7-6-8-22(23)25/h6-14,17-18,30H,15-16H2,1-5H3. The molecule has 3 aromatic carbocycles. The zero-order valence-electron chi connectivity index (χ0n) is 21.0. The number of hydrogen-bond donors (Lipinski definition) is 1. The molecule has 1 N–H and O–H groups in total. The summed E-state index contributed by atoms with van der Waals surface area (Å²) in [5, 5.41) is 11.7. The van der Waals surface area contributed by atoms with Crippen LogP contribution in [-0.4, -0.2) is 40.7 Å². The van der Waals surface area contributed by atoms with Gasteiger partial charge >= 0.3 is 11.9 Å². The van der Waals surface area contributed by atoms with Crippen LogP contribution in [0.15, 0.2) is 59.5 Å². The maximum atomic E-state index is 14.0. The Hall–Kier alpha value is -3.59. The van der Waals surface area contributed by atoms with Crippen LogP contribution < -0.4 is 9.04 Å². The maximum absolute atomic E-state index is 14.0. The first-order valence-corrected chi connectivity index (χ1v) is 12.7. The lowest BCUT2D eigenvalue weighted by Gasteiger charge is -2.26. The number of phenolic OH excluding ortho intramolecular Hbond substituents is 1. The lowest BCUT2D eigenvalue weighted by molar-refractivity contribution is -0.149. The molecule has 0 aliphatic heterocycles. The van der Waals surface area contributed by atoms with Crippen molar-refractivity contribution in [3.63, 3.8) is 0 Å². The van der Waals surface area contributed by atoms with Gasteiger partial charge in [-0.25, -0.2) is 9.00 Å². The van der Waals surface area contributed by atoms with Crippen molar-refractivity contribution in [1.29, 1.82) is 0 Å². The van der Waals surface area contributed by atoms with Crippen LogP contribution in [0.5, 0.6) is 11.5 Å². The summed E-state index contributed by atoms with van der Waals surface area (Å²) in [7, 11) is -1.74.